The SMILES string of the molecule is Cc1c(Cl)c2ccccn2c1N1CCNCC1. The number of fused-ring (bicyclic) bond motifs is 1. The molecule has 1 fully saturated rings. The van der Waals surface area contributed by atoms with Crippen LogP contribution in [0, 0.1) is 6.92 Å². The zero-order valence-corrected chi connectivity index (χ0v) is 10.7. The highest BCUT2D eigenvalue weighted by Gasteiger charge is 2.19. The molecule has 0 bridgehead atoms. The Hall–Kier alpha value is -1.19. The predicted octanol–water partition coefficient (Wildman–Crippen LogP) is 2.31. The number of anilines is 1. The second-order valence-electron chi connectivity index (χ2n) is 4.46. The molecule has 17 heavy (non-hydrogen) atoms. The van der Waals surface area contributed by atoms with Crippen LogP contribution in [0.3, 0.4) is 0 Å². The van der Waals surface area contributed by atoms with Crippen molar-refractivity contribution in [2.24, 2.45) is 0 Å². The van der Waals surface area contributed by atoms with E-state index in [0.717, 1.165) is 36.7 Å². The maximum atomic E-state index is 6.40. The minimum Gasteiger partial charge on any atom is -0.355 e. The lowest BCUT2D eigenvalue weighted by molar-refractivity contribution is 0.583. The van der Waals surface area contributed by atoms with Crippen molar-refractivity contribution in [1.82, 2.24) is 9.72 Å². The number of piperazine rings is 1. The molecule has 90 valence electrons. The lowest BCUT2D eigenvalue weighted by Gasteiger charge is -2.29. The number of pyridine rings is 1. The Morgan fingerprint density at radius 2 is 2.00 bits per heavy atom. The Bertz CT molecular complexity index is 541. The summed E-state index contributed by atoms with van der Waals surface area (Å²) < 4.78 is 2.20. The number of hydrogen-bond acceptors (Lipinski definition) is 2. The van der Waals surface area contributed by atoms with Gasteiger partial charge in [-0.3, -0.25) is 0 Å². The molecule has 0 unspecified atom stereocenters. The number of halogens is 1. The second kappa shape index (κ2) is 4.24. The van der Waals surface area contributed by atoms with E-state index in [1.165, 1.54) is 11.4 Å². The fourth-order valence-corrected chi connectivity index (χ4v) is 2.78. The third-order valence-electron chi connectivity index (χ3n) is 3.39. The van der Waals surface area contributed by atoms with Gasteiger partial charge in [-0.15, -0.1) is 0 Å². The predicted molar refractivity (Wildman–Crippen MR) is 72.2 cm³/mol. The van der Waals surface area contributed by atoms with Crippen molar-refractivity contribution in [3.63, 3.8) is 0 Å². The van der Waals surface area contributed by atoms with Gasteiger partial charge in [0, 0.05) is 37.9 Å². The molecule has 4 heteroatoms. The highest BCUT2D eigenvalue weighted by atomic mass is 35.5. The molecule has 2 aromatic heterocycles. The van der Waals surface area contributed by atoms with E-state index in [1.807, 2.05) is 6.07 Å². The largest absolute Gasteiger partial charge is 0.355 e. The monoisotopic (exact) mass is 249 g/mol. The first-order chi connectivity index (χ1) is 8.29. The van der Waals surface area contributed by atoms with Crippen molar-refractivity contribution in [1.29, 1.82) is 0 Å². The summed E-state index contributed by atoms with van der Waals surface area (Å²) in [6.07, 6.45) is 2.09. The van der Waals surface area contributed by atoms with Gasteiger partial charge in [0.25, 0.3) is 0 Å². The first kappa shape index (κ1) is 10.9. The van der Waals surface area contributed by atoms with Crippen LogP contribution in [0.25, 0.3) is 5.52 Å². The van der Waals surface area contributed by atoms with Crippen LogP contribution >= 0.6 is 11.6 Å². The first-order valence-corrected chi connectivity index (χ1v) is 6.37. The molecule has 3 nitrogen and oxygen atoms in total. The van der Waals surface area contributed by atoms with Crippen LogP contribution in [-0.2, 0) is 0 Å². The summed E-state index contributed by atoms with van der Waals surface area (Å²) in [4.78, 5) is 2.41. The Balaban J connectivity index is 2.17. The fourth-order valence-electron chi connectivity index (χ4n) is 2.54. The summed E-state index contributed by atoms with van der Waals surface area (Å²) in [5, 5.41) is 4.25. The number of rotatable bonds is 1. The van der Waals surface area contributed by atoms with E-state index in [4.69, 9.17) is 11.6 Å². The summed E-state index contributed by atoms with van der Waals surface area (Å²) in [5.74, 6) is 1.24. The summed E-state index contributed by atoms with van der Waals surface area (Å²) in [5.41, 5.74) is 2.28. The molecule has 1 N–H and O–H groups in total. The summed E-state index contributed by atoms with van der Waals surface area (Å²) in [7, 11) is 0. The van der Waals surface area contributed by atoms with Crippen LogP contribution in [0.2, 0.25) is 5.02 Å². The molecule has 0 amide bonds. The van der Waals surface area contributed by atoms with Crippen molar-refractivity contribution < 1.29 is 0 Å². The molecule has 0 saturated carbocycles. The normalized spacial score (nSPS) is 16.7. The van der Waals surface area contributed by atoms with Crippen LogP contribution in [0.4, 0.5) is 5.82 Å². The number of hydrogen-bond donors (Lipinski definition) is 1. The number of nitrogens with zero attached hydrogens (tertiary/aromatic N) is 2. The Labute approximate surface area is 106 Å². The molecule has 3 rings (SSSR count). The lowest BCUT2D eigenvalue weighted by Crippen LogP contribution is -2.44. The van der Waals surface area contributed by atoms with Gasteiger partial charge in [0.05, 0.1) is 10.5 Å². The molecule has 1 aliphatic rings. The lowest BCUT2D eigenvalue weighted by atomic mass is 10.3. The van der Waals surface area contributed by atoms with Gasteiger partial charge >= 0.3 is 0 Å². The van der Waals surface area contributed by atoms with Gasteiger partial charge in [0.15, 0.2) is 0 Å². The molecule has 1 aliphatic heterocycles. The van der Waals surface area contributed by atoms with Gasteiger partial charge < -0.3 is 14.6 Å². The molecular formula is C13H16ClN3. The van der Waals surface area contributed by atoms with E-state index in [1.54, 1.807) is 0 Å². The fraction of sp³-hybridized carbons (Fsp3) is 0.385. The molecular weight excluding hydrogens is 234 g/mol. The van der Waals surface area contributed by atoms with Gasteiger partial charge in [-0.05, 0) is 19.1 Å². The van der Waals surface area contributed by atoms with E-state index in [2.05, 4.69) is 39.9 Å². The van der Waals surface area contributed by atoms with E-state index in [-0.39, 0.29) is 0 Å². The molecule has 0 radical (unpaired) electrons. The van der Waals surface area contributed by atoms with Crippen LogP contribution < -0.4 is 10.2 Å². The highest BCUT2D eigenvalue weighted by molar-refractivity contribution is 6.35. The van der Waals surface area contributed by atoms with E-state index >= 15 is 0 Å². The Kier molecular flexibility index (Phi) is 2.73. The summed E-state index contributed by atoms with van der Waals surface area (Å²) in [6, 6.07) is 6.15. The van der Waals surface area contributed by atoms with Crippen LogP contribution in [-0.4, -0.2) is 30.6 Å². The zero-order valence-electron chi connectivity index (χ0n) is 9.91. The standard InChI is InChI=1S/C13H16ClN3/c1-10-12(14)11-4-2-3-7-17(11)13(10)16-8-5-15-6-9-16/h2-4,7,15H,5-6,8-9H2,1H3. The molecule has 3 heterocycles. The third-order valence-corrected chi connectivity index (χ3v) is 3.87. The summed E-state index contributed by atoms with van der Waals surface area (Å²) in [6.45, 7) is 6.26. The molecule has 1 saturated heterocycles. The Morgan fingerprint density at radius 1 is 1.24 bits per heavy atom. The van der Waals surface area contributed by atoms with Gasteiger partial charge in [0.2, 0.25) is 0 Å². The van der Waals surface area contributed by atoms with Gasteiger partial charge in [-0.1, -0.05) is 17.7 Å². The molecule has 0 spiro atoms. The van der Waals surface area contributed by atoms with E-state index < -0.39 is 0 Å². The van der Waals surface area contributed by atoms with Crippen molar-refractivity contribution in [3.05, 3.63) is 35.0 Å². The zero-order chi connectivity index (χ0) is 11.8. The van der Waals surface area contributed by atoms with E-state index in [0.29, 0.717) is 0 Å². The van der Waals surface area contributed by atoms with Gasteiger partial charge in [-0.2, -0.15) is 0 Å². The maximum Gasteiger partial charge on any atom is 0.117 e. The number of aromatic nitrogens is 1. The van der Waals surface area contributed by atoms with Crippen LogP contribution in [0.15, 0.2) is 24.4 Å². The molecule has 0 atom stereocenters. The topological polar surface area (TPSA) is 19.7 Å². The van der Waals surface area contributed by atoms with Crippen molar-refractivity contribution in [2.75, 3.05) is 31.1 Å². The summed E-state index contributed by atoms with van der Waals surface area (Å²) >= 11 is 6.40. The maximum absolute atomic E-state index is 6.40. The van der Waals surface area contributed by atoms with Crippen LogP contribution in [0.5, 0.6) is 0 Å². The molecule has 2 aromatic rings. The minimum atomic E-state index is 0.874. The third kappa shape index (κ3) is 1.70. The van der Waals surface area contributed by atoms with Gasteiger partial charge in [-0.25, -0.2) is 0 Å². The average Bonchev–Trinajstić information content (AvgIpc) is 2.64. The second-order valence-corrected chi connectivity index (χ2v) is 4.83. The van der Waals surface area contributed by atoms with Crippen LogP contribution in [0.1, 0.15) is 5.56 Å². The van der Waals surface area contributed by atoms with E-state index in [9.17, 15) is 0 Å². The molecule has 0 aliphatic carbocycles. The highest BCUT2D eigenvalue weighted by Crippen LogP contribution is 2.33. The van der Waals surface area contributed by atoms with Crippen molar-refractivity contribution >= 4 is 22.9 Å². The average molecular weight is 250 g/mol. The molecule has 0 aromatic carbocycles. The van der Waals surface area contributed by atoms with Crippen molar-refractivity contribution in [3.8, 4) is 0 Å². The van der Waals surface area contributed by atoms with Crippen molar-refractivity contribution in [2.45, 2.75) is 6.92 Å². The smallest absolute Gasteiger partial charge is 0.117 e. The Morgan fingerprint density at radius 3 is 2.76 bits per heavy atom. The minimum absolute atomic E-state index is 0.874. The van der Waals surface area contributed by atoms with Gasteiger partial charge in [0.1, 0.15) is 5.82 Å². The quantitative estimate of drug-likeness (QED) is 0.837. The first-order valence-electron chi connectivity index (χ1n) is 6.00. The number of nitrogens with one attached hydrogen (secondary N) is 1.